The van der Waals surface area contributed by atoms with Crippen molar-refractivity contribution < 1.29 is 9.63 Å². The second kappa shape index (κ2) is 5.27. The van der Waals surface area contributed by atoms with Gasteiger partial charge in [-0.3, -0.25) is 4.98 Å². The maximum Gasteiger partial charge on any atom is 0.230 e. The molecule has 5 nitrogen and oxygen atoms in total. The van der Waals surface area contributed by atoms with Gasteiger partial charge in [0.1, 0.15) is 5.69 Å². The van der Waals surface area contributed by atoms with E-state index in [4.69, 9.17) is 16.1 Å². The zero-order chi connectivity index (χ0) is 13.2. The lowest BCUT2D eigenvalue weighted by molar-refractivity contribution is 0.116. The van der Waals surface area contributed by atoms with Crippen molar-refractivity contribution in [3.8, 4) is 11.5 Å². The molecule has 0 unspecified atom stereocenters. The highest BCUT2D eigenvalue weighted by Gasteiger charge is 2.25. The maximum atomic E-state index is 9.49. The molecule has 0 bridgehead atoms. The van der Waals surface area contributed by atoms with Crippen molar-refractivity contribution in [1.29, 1.82) is 0 Å². The van der Waals surface area contributed by atoms with E-state index in [2.05, 4.69) is 15.1 Å². The Kier molecular flexibility index (Phi) is 3.48. The normalized spacial score (nSPS) is 23.5. The van der Waals surface area contributed by atoms with Gasteiger partial charge in [0, 0.05) is 12.1 Å². The van der Waals surface area contributed by atoms with E-state index in [9.17, 15) is 5.11 Å². The third-order valence-electron chi connectivity index (χ3n) is 3.44. The van der Waals surface area contributed by atoms with E-state index < -0.39 is 0 Å². The third-order valence-corrected chi connectivity index (χ3v) is 3.67. The molecule has 0 amide bonds. The van der Waals surface area contributed by atoms with Gasteiger partial charge in [-0.25, -0.2) is 0 Å². The smallest absolute Gasteiger partial charge is 0.230 e. The second-order valence-corrected chi connectivity index (χ2v) is 5.26. The molecule has 1 fully saturated rings. The van der Waals surface area contributed by atoms with Gasteiger partial charge in [-0.1, -0.05) is 16.8 Å². The summed E-state index contributed by atoms with van der Waals surface area (Å²) in [4.78, 5) is 8.56. The maximum absolute atomic E-state index is 9.49. The minimum atomic E-state index is -0.184. The zero-order valence-corrected chi connectivity index (χ0v) is 11.0. The van der Waals surface area contributed by atoms with E-state index in [1.54, 1.807) is 18.3 Å². The van der Waals surface area contributed by atoms with E-state index in [1.165, 1.54) is 0 Å². The molecule has 0 spiro atoms. The predicted octanol–water partition coefficient (Wildman–Crippen LogP) is 2.80. The molecule has 19 heavy (non-hydrogen) atoms. The van der Waals surface area contributed by atoms with Crippen molar-refractivity contribution in [2.75, 3.05) is 0 Å². The van der Waals surface area contributed by atoms with Gasteiger partial charge in [0.15, 0.2) is 0 Å². The Hall–Kier alpha value is -1.46. The quantitative estimate of drug-likeness (QED) is 0.915. The number of nitrogens with zero attached hydrogens (tertiary/aromatic N) is 3. The summed E-state index contributed by atoms with van der Waals surface area (Å²) in [5.41, 5.74) is 0.648. The first-order chi connectivity index (χ1) is 9.22. The summed E-state index contributed by atoms with van der Waals surface area (Å²) < 4.78 is 5.31. The van der Waals surface area contributed by atoms with Crippen molar-refractivity contribution in [1.82, 2.24) is 15.1 Å². The Bertz CT molecular complexity index is 547. The SMILES string of the molecule is OC1CCC(c2nc(-c3ccc(Cl)cn3)no2)CC1. The first-order valence-electron chi connectivity index (χ1n) is 6.36. The summed E-state index contributed by atoms with van der Waals surface area (Å²) in [5, 5.41) is 14.0. The molecule has 1 saturated carbocycles. The number of aliphatic hydroxyl groups is 1. The molecule has 3 rings (SSSR count). The minimum Gasteiger partial charge on any atom is -0.393 e. The zero-order valence-electron chi connectivity index (χ0n) is 10.3. The van der Waals surface area contributed by atoms with Crippen molar-refractivity contribution in [3.05, 3.63) is 29.2 Å². The molecule has 2 aromatic rings. The Labute approximate surface area is 115 Å². The Morgan fingerprint density at radius 1 is 1.21 bits per heavy atom. The molecule has 0 atom stereocenters. The van der Waals surface area contributed by atoms with Crippen LogP contribution in [-0.4, -0.2) is 26.3 Å². The van der Waals surface area contributed by atoms with E-state index >= 15 is 0 Å². The second-order valence-electron chi connectivity index (χ2n) is 4.82. The van der Waals surface area contributed by atoms with Crippen LogP contribution in [0.25, 0.3) is 11.5 Å². The van der Waals surface area contributed by atoms with Gasteiger partial charge in [0.2, 0.25) is 11.7 Å². The topological polar surface area (TPSA) is 72.0 Å². The summed E-state index contributed by atoms with van der Waals surface area (Å²) >= 11 is 5.79. The molecule has 0 radical (unpaired) electrons. The van der Waals surface area contributed by atoms with E-state index in [0.29, 0.717) is 22.4 Å². The van der Waals surface area contributed by atoms with Gasteiger partial charge in [-0.2, -0.15) is 4.98 Å². The van der Waals surface area contributed by atoms with Gasteiger partial charge in [0.25, 0.3) is 0 Å². The molecule has 1 N–H and O–H groups in total. The average molecular weight is 280 g/mol. The predicted molar refractivity (Wildman–Crippen MR) is 69.8 cm³/mol. The molecule has 0 saturated heterocycles. The summed E-state index contributed by atoms with van der Waals surface area (Å²) in [5.74, 6) is 1.37. The number of hydrogen-bond donors (Lipinski definition) is 1. The molecule has 1 aliphatic carbocycles. The Balaban J connectivity index is 1.77. The highest BCUT2D eigenvalue weighted by atomic mass is 35.5. The number of aromatic nitrogens is 3. The fourth-order valence-corrected chi connectivity index (χ4v) is 2.45. The Morgan fingerprint density at radius 2 is 2.00 bits per heavy atom. The monoisotopic (exact) mass is 279 g/mol. The minimum absolute atomic E-state index is 0.184. The lowest BCUT2D eigenvalue weighted by atomic mass is 9.87. The largest absolute Gasteiger partial charge is 0.393 e. The van der Waals surface area contributed by atoms with Crippen LogP contribution in [0.3, 0.4) is 0 Å². The lowest BCUT2D eigenvalue weighted by Gasteiger charge is -2.22. The van der Waals surface area contributed by atoms with E-state index in [-0.39, 0.29) is 12.0 Å². The van der Waals surface area contributed by atoms with Crippen molar-refractivity contribution >= 4 is 11.6 Å². The van der Waals surface area contributed by atoms with Crippen LogP contribution in [-0.2, 0) is 0 Å². The van der Waals surface area contributed by atoms with Crippen LogP contribution in [0.1, 0.15) is 37.5 Å². The Morgan fingerprint density at radius 3 is 2.68 bits per heavy atom. The standard InChI is InChI=1S/C13H14ClN3O2/c14-9-3-6-11(15-7-9)12-16-13(19-17-12)8-1-4-10(18)5-2-8/h3,6-8,10,18H,1-2,4-5H2. The first kappa shape index (κ1) is 12.6. The van der Waals surface area contributed by atoms with Gasteiger partial charge in [-0.15, -0.1) is 0 Å². The number of aliphatic hydroxyl groups excluding tert-OH is 1. The molecule has 6 heteroatoms. The molecule has 0 aromatic carbocycles. The number of pyridine rings is 1. The van der Waals surface area contributed by atoms with Crippen molar-refractivity contribution in [3.63, 3.8) is 0 Å². The van der Waals surface area contributed by atoms with Crippen LogP contribution in [0, 0.1) is 0 Å². The van der Waals surface area contributed by atoms with Crippen LogP contribution >= 0.6 is 11.6 Å². The number of rotatable bonds is 2. The lowest BCUT2D eigenvalue weighted by Crippen LogP contribution is -2.17. The molecular formula is C13H14ClN3O2. The summed E-state index contributed by atoms with van der Waals surface area (Å²) in [6.45, 7) is 0. The van der Waals surface area contributed by atoms with Gasteiger partial charge < -0.3 is 9.63 Å². The number of hydrogen-bond acceptors (Lipinski definition) is 5. The molecular weight excluding hydrogens is 266 g/mol. The molecule has 1 aliphatic rings. The van der Waals surface area contributed by atoms with Gasteiger partial charge in [-0.05, 0) is 37.8 Å². The van der Waals surface area contributed by atoms with Crippen LogP contribution < -0.4 is 0 Å². The third kappa shape index (κ3) is 2.77. The van der Waals surface area contributed by atoms with Crippen LogP contribution in [0.15, 0.2) is 22.9 Å². The molecule has 0 aliphatic heterocycles. The van der Waals surface area contributed by atoms with Crippen molar-refractivity contribution in [2.24, 2.45) is 0 Å². The highest BCUT2D eigenvalue weighted by molar-refractivity contribution is 6.30. The molecule has 100 valence electrons. The molecule has 2 aromatic heterocycles. The van der Waals surface area contributed by atoms with Gasteiger partial charge >= 0.3 is 0 Å². The fourth-order valence-electron chi connectivity index (χ4n) is 2.34. The van der Waals surface area contributed by atoms with E-state index in [1.807, 2.05) is 0 Å². The molecule has 2 heterocycles. The van der Waals surface area contributed by atoms with E-state index in [0.717, 1.165) is 25.7 Å². The summed E-state index contributed by atoms with van der Waals surface area (Å²) in [6.07, 6.45) is 4.73. The highest BCUT2D eigenvalue weighted by Crippen LogP contribution is 2.32. The summed E-state index contributed by atoms with van der Waals surface area (Å²) in [7, 11) is 0. The van der Waals surface area contributed by atoms with Gasteiger partial charge in [0.05, 0.1) is 11.1 Å². The first-order valence-corrected chi connectivity index (χ1v) is 6.74. The van der Waals surface area contributed by atoms with Crippen LogP contribution in [0.4, 0.5) is 0 Å². The number of halogens is 1. The van der Waals surface area contributed by atoms with Crippen LogP contribution in [0.2, 0.25) is 5.02 Å². The van der Waals surface area contributed by atoms with Crippen molar-refractivity contribution in [2.45, 2.75) is 37.7 Å². The average Bonchev–Trinajstić information content (AvgIpc) is 2.90. The summed E-state index contributed by atoms with van der Waals surface area (Å²) in [6, 6.07) is 3.51. The van der Waals surface area contributed by atoms with Crippen LogP contribution in [0.5, 0.6) is 0 Å². The fraction of sp³-hybridized carbons (Fsp3) is 0.462.